The van der Waals surface area contributed by atoms with Gasteiger partial charge in [0.05, 0.1) is 17.9 Å². The maximum atomic E-state index is 12.0. The van der Waals surface area contributed by atoms with Crippen LogP contribution >= 0.6 is 0 Å². The monoisotopic (exact) mass is 416 g/mol. The van der Waals surface area contributed by atoms with E-state index in [1.54, 1.807) is 0 Å². The summed E-state index contributed by atoms with van der Waals surface area (Å²) in [5.41, 5.74) is 1.51. The van der Waals surface area contributed by atoms with Crippen LogP contribution in [0.1, 0.15) is 18.4 Å². The van der Waals surface area contributed by atoms with Gasteiger partial charge in [0.2, 0.25) is 15.9 Å². The van der Waals surface area contributed by atoms with Gasteiger partial charge < -0.3 is 10.1 Å². The van der Waals surface area contributed by atoms with E-state index in [4.69, 9.17) is 4.74 Å². The minimum Gasteiger partial charge on any atom is -0.465 e. The van der Waals surface area contributed by atoms with Crippen LogP contribution < -0.4 is 10.0 Å². The molecule has 0 heterocycles. The Balaban J connectivity index is 1.73. The predicted octanol–water partition coefficient (Wildman–Crippen LogP) is 2.66. The van der Waals surface area contributed by atoms with Crippen molar-refractivity contribution in [3.05, 3.63) is 72.8 Å². The molecule has 0 spiro atoms. The maximum absolute atomic E-state index is 12.0. The molecule has 8 heteroatoms. The molecule has 0 unspecified atom stereocenters. The van der Waals surface area contributed by atoms with Gasteiger partial charge in [-0.3, -0.25) is 9.59 Å². The van der Waals surface area contributed by atoms with Gasteiger partial charge in [-0.1, -0.05) is 36.4 Å². The summed E-state index contributed by atoms with van der Waals surface area (Å²) in [7, 11) is -3.61. The topological polar surface area (TPSA) is 102 Å². The zero-order valence-corrected chi connectivity index (χ0v) is 16.8. The van der Waals surface area contributed by atoms with Crippen LogP contribution in [0.4, 0.5) is 5.69 Å². The molecule has 0 aliphatic carbocycles. The van der Waals surface area contributed by atoms with Crippen LogP contribution in [0.2, 0.25) is 0 Å². The lowest BCUT2D eigenvalue weighted by Gasteiger charge is -2.08. The summed E-state index contributed by atoms with van der Waals surface area (Å²) in [4.78, 5) is 23.8. The van der Waals surface area contributed by atoms with Gasteiger partial charge in [0, 0.05) is 25.1 Å². The number of rotatable bonds is 11. The van der Waals surface area contributed by atoms with E-state index in [1.165, 1.54) is 30.3 Å². The average molecular weight is 416 g/mol. The average Bonchev–Trinajstić information content (AvgIpc) is 2.72. The molecule has 2 N–H and O–H groups in total. The Morgan fingerprint density at radius 1 is 1.00 bits per heavy atom. The fourth-order valence-corrected chi connectivity index (χ4v) is 3.41. The number of amides is 1. The number of sulfonamides is 1. The fraction of sp³-hybridized carbons (Fsp3) is 0.238. The second-order valence-corrected chi connectivity index (χ2v) is 7.94. The number of hydrogen-bond acceptors (Lipinski definition) is 5. The summed E-state index contributed by atoms with van der Waals surface area (Å²) >= 11 is 0. The Bertz CT molecular complexity index is 925. The summed E-state index contributed by atoms with van der Waals surface area (Å²) in [6.45, 7) is 3.85. The molecule has 2 rings (SSSR count). The van der Waals surface area contributed by atoms with Gasteiger partial charge in [-0.15, -0.1) is 6.58 Å². The lowest BCUT2D eigenvalue weighted by molar-refractivity contribution is -0.144. The minimum absolute atomic E-state index is 0.0227. The van der Waals surface area contributed by atoms with Crippen LogP contribution in [0, 0.1) is 0 Å². The molecule has 0 saturated heterocycles. The predicted molar refractivity (Wildman–Crippen MR) is 111 cm³/mol. The lowest BCUT2D eigenvalue weighted by atomic mass is 10.2. The summed E-state index contributed by atoms with van der Waals surface area (Å²) in [6.07, 6.45) is 2.01. The highest BCUT2D eigenvalue weighted by atomic mass is 32.2. The van der Waals surface area contributed by atoms with Crippen LogP contribution in [0.15, 0.2) is 72.1 Å². The molecule has 2 aromatic rings. The summed E-state index contributed by atoms with van der Waals surface area (Å²) < 4.78 is 31.5. The number of hydrogen-bond donors (Lipinski definition) is 2. The zero-order valence-electron chi connectivity index (χ0n) is 16.0. The third kappa shape index (κ3) is 7.89. The first-order valence-corrected chi connectivity index (χ1v) is 10.6. The third-order valence-corrected chi connectivity index (χ3v) is 5.36. The molecular weight excluding hydrogens is 392 g/mol. The van der Waals surface area contributed by atoms with Crippen molar-refractivity contribution in [2.24, 2.45) is 0 Å². The molecule has 0 atom stereocenters. The van der Waals surface area contributed by atoms with Crippen molar-refractivity contribution < 1.29 is 22.7 Å². The van der Waals surface area contributed by atoms with Gasteiger partial charge in [0.1, 0.15) is 0 Å². The second kappa shape index (κ2) is 11.1. The molecule has 29 heavy (non-hydrogen) atoms. The van der Waals surface area contributed by atoms with E-state index in [0.717, 1.165) is 5.56 Å². The van der Waals surface area contributed by atoms with Crippen molar-refractivity contribution in [3.63, 3.8) is 0 Å². The maximum Gasteiger partial charge on any atom is 0.306 e. The molecule has 0 fully saturated rings. The quantitative estimate of drug-likeness (QED) is 0.433. The molecule has 0 aliphatic heterocycles. The number of esters is 1. The molecule has 1 amide bonds. The number of nitrogens with one attached hydrogen (secondary N) is 2. The first kappa shape index (κ1) is 22.3. The largest absolute Gasteiger partial charge is 0.465 e. The van der Waals surface area contributed by atoms with E-state index in [0.29, 0.717) is 12.1 Å². The molecule has 2 aromatic carbocycles. The Morgan fingerprint density at radius 2 is 1.69 bits per heavy atom. The minimum atomic E-state index is -3.61. The Morgan fingerprint density at radius 3 is 2.34 bits per heavy atom. The van der Waals surface area contributed by atoms with E-state index < -0.39 is 16.0 Å². The van der Waals surface area contributed by atoms with E-state index >= 15 is 0 Å². The van der Waals surface area contributed by atoms with Crippen LogP contribution in [-0.4, -0.2) is 33.4 Å². The van der Waals surface area contributed by atoms with Gasteiger partial charge in [-0.2, -0.15) is 0 Å². The van der Waals surface area contributed by atoms with Gasteiger partial charge >= 0.3 is 5.97 Å². The number of anilines is 1. The first-order valence-electron chi connectivity index (χ1n) is 9.11. The van der Waals surface area contributed by atoms with Crippen LogP contribution in [0.5, 0.6) is 0 Å². The molecule has 0 aliphatic rings. The standard InChI is InChI=1S/C21H24N2O5S/c1-2-15-22-29(26,27)19-10-8-18(9-11-19)23-20(24)12-13-21(25)28-16-14-17-6-4-3-5-7-17/h2-11,22H,1,12-16H2,(H,23,24). The van der Waals surface area contributed by atoms with E-state index in [9.17, 15) is 18.0 Å². The van der Waals surface area contributed by atoms with Crippen LogP contribution in [0.3, 0.4) is 0 Å². The summed E-state index contributed by atoms with van der Waals surface area (Å²) in [6, 6.07) is 15.4. The Hall–Kier alpha value is -2.97. The normalized spacial score (nSPS) is 10.9. The van der Waals surface area contributed by atoms with Crippen molar-refractivity contribution >= 4 is 27.6 Å². The summed E-state index contributed by atoms with van der Waals surface area (Å²) in [5.74, 6) is -0.795. The van der Waals surface area contributed by atoms with E-state index in [-0.39, 0.29) is 36.8 Å². The molecule has 0 radical (unpaired) electrons. The SMILES string of the molecule is C=CCNS(=O)(=O)c1ccc(NC(=O)CCC(=O)OCCc2ccccc2)cc1. The molecule has 0 saturated carbocycles. The van der Waals surface area contributed by atoms with Gasteiger partial charge in [-0.05, 0) is 29.8 Å². The number of ether oxygens (including phenoxy) is 1. The van der Waals surface area contributed by atoms with Gasteiger partial charge in [0.15, 0.2) is 0 Å². The highest BCUT2D eigenvalue weighted by molar-refractivity contribution is 7.89. The Kier molecular flexibility index (Phi) is 8.57. The second-order valence-electron chi connectivity index (χ2n) is 6.17. The van der Waals surface area contributed by atoms with Gasteiger partial charge in [0.25, 0.3) is 0 Å². The van der Waals surface area contributed by atoms with E-state index in [1.807, 2.05) is 30.3 Å². The van der Waals surface area contributed by atoms with Crippen molar-refractivity contribution in [2.45, 2.75) is 24.2 Å². The smallest absolute Gasteiger partial charge is 0.306 e. The number of carbonyl (C=O) groups is 2. The van der Waals surface area contributed by atoms with Crippen LogP contribution in [0.25, 0.3) is 0 Å². The zero-order chi connectivity index (χ0) is 21.1. The highest BCUT2D eigenvalue weighted by Crippen LogP contribution is 2.14. The fourth-order valence-electron chi connectivity index (χ4n) is 2.41. The van der Waals surface area contributed by atoms with Gasteiger partial charge in [-0.25, -0.2) is 13.1 Å². The molecule has 0 aromatic heterocycles. The van der Waals surface area contributed by atoms with Crippen molar-refractivity contribution in [1.29, 1.82) is 0 Å². The van der Waals surface area contributed by atoms with Crippen LogP contribution in [-0.2, 0) is 30.8 Å². The highest BCUT2D eigenvalue weighted by Gasteiger charge is 2.13. The third-order valence-electron chi connectivity index (χ3n) is 3.92. The first-order chi connectivity index (χ1) is 13.9. The molecule has 7 nitrogen and oxygen atoms in total. The van der Waals surface area contributed by atoms with Crippen molar-refractivity contribution in [1.82, 2.24) is 4.72 Å². The molecule has 0 bridgehead atoms. The van der Waals surface area contributed by atoms with E-state index in [2.05, 4.69) is 16.6 Å². The number of benzene rings is 2. The molecule has 154 valence electrons. The van der Waals surface area contributed by atoms with Crippen molar-refractivity contribution in [3.8, 4) is 0 Å². The van der Waals surface area contributed by atoms with Crippen molar-refractivity contribution in [2.75, 3.05) is 18.5 Å². The summed E-state index contributed by atoms with van der Waals surface area (Å²) in [5, 5.41) is 2.62. The number of carbonyl (C=O) groups excluding carboxylic acids is 2. The Labute approximate surface area is 170 Å². The molecular formula is C21H24N2O5S. The lowest BCUT2D eigenvalue weighted by Crippen LogP contribution is -2.23.